The molecule has 1 aliphatic rings. The number of pyridine rings is 1. The zero-order chi connectivity index (χ0) is 32.8. The van der Waals surface area contributed by atoms with Crippen molar-refractivity contribution in [3.63, 3.8) is 0 Å². The fourth-order valence-corrected chi connectivity index (χ4v) is 4.77. The number of hydrogen-bond donors (Lipinski definition) is 2. The summed E-state index contributed by atoms with van der Waals surface area (Å²) in [6.45, 7) is 10.6. The minimum absolute atomic E-state index is 0.0213. The van der Waals surface area contributed by atoms with Crippen molar-refractivity contribution in [2.24, 2.45) is 11.1 Å². The van der Waals surface area contributed by atoms with E-state index in [1.54, 1.807) is 6.08 Å². The number of benzene rings is 1. The van der Waals surface area contributed by atoms with Crippen LogP contribution in [0.5, 0.6) is 11.6 Å². The highest BCUT2D eigenvalue weighted by molar-refractivity contribution is 5.93. The van der Waals surface area contributed by atoms with Crippen LogP contribution < -0.4 is 20.5 Å². The van der Waals surface area contributed by atoms with Gasteiger partial charge in [0, 0.05) is 12.3 Å². The molecule has 9 nitrogen and oxygen atoms in total. The van der Waals surface area contributed by atoms with Crippen molar-refractivity contribution in [2.45, 2.75) is 60.5 Å². The topological polar surface area (TPSA) is 130 Å². The number of nitrogens with two attached hydrogens (primary N) is 1. The van der Waals surface area contributed by atoms with Gasteiger partial charge >= 0.3 is 12.1 Å². The summed E-state index contributed by atoms with van der Waals surface area (Å²) in [6, 6.07) is 10.7. The van der Waals surface area contributed by atoms with Gasteiger partial charge in [-0.15, -0.1) is 0 Å². The van der Waals surface area contributed by atoms with Crippen molar-refractivity contribution in [3.05, 3.63) is 112 Å². The number of allylic oxidation sites excluding steroid dienone is 9. The van der Waals surface area contributed by atoms with Crippen molar-refractivity contribution < 1.29 is 28.6 Å². The molecule has 45 heavy (non-hydrogen) atoms. The lowest BCUT2D eigenvalue weighted by Gasteiger charge is -2.32. The average Bonchev–Trinajstić information content (AvgIpc) is 3.00. The van der Waals surface area contributed by atoms with Gasteiger partial charge in [-0.3, -0.25) is 10.1 Å². The number of hydrogen-bond acceptors (Lipinski definition) is 8. The Bertz CT molecular complexity index is 1520. The summed E-state index contributed by atoms with van der Waals surface area (Å²) >= 11 is 0. The first-order chi connectivity index (χ1) is 21.5. The van der Waals surface area contributed by atoms with Crippen LogP contribution in [0.15, 0.2) is 101 Å². The maximum atomic E-state index is 12.8. The minimum atomic E-state index is -1.08. The first kappa shape index (κ1) is 34.7. The Morgan fingerprint density at radius 3 is 2.56 bits per heavy atom. The molecule has 238 valence electrons. The van der Waals surface area contributed by atoms with E-state index < -0.39 is 18.0 Å². The molecule has 0 saturated heterocycles. The molecule has 0 aliphatic heterocycles. The molecule has 1 aromatic heterocycles. The number of rotatable bonds is 12. The highest BCUT2D eigenvalue weighted by Gasteiger charge is 2.26. The van der Waals surface area contributed by atoms with Crippen molar-refractivity contribution in [1.29, 1.82) is 0 Å². The van der Waals surface area contributed by atoms with Crippen molar-refractivity contribution in [3.8, 4) is 11.6 Å². The second-order valence-electron chi connectivity index (χ2n) is 11.5. The molecule has 0 saturated carbocycles. The number of nitrogens with one attached hydrogen (secondary N) is 1. The van der Waals surface area contributed by atoms with Crippen molar-refractivity contribution in [1.82, 2.24) is 10.3 Å². The van der Waals surface area contributed by atoms with Crippen LogP contribution >= 0.6 is 0 Å². The molecular weight excluding hydrogens is 570 g/mol. The maximum absolute atomic E-state index is 12.8. The van der Waals surface area contributed by atoms with Gasteiger partial charge in [-0.1, -0.05) is 91.3 Å². The summed E-state index contributed by atoms with van der Waals surface area (Å²) in [5, 5.41) is 1.97. The molecule has 2 amide bonds. The van der Waals surface area contributed by atoms with Crippen LogP contribution in [0.3, 0.4) is 0 Å². The van der Waals surface area contributed by atoms with Crippen LogP contribution in [0.25, 0.3) is 0 Å². The van der Waals surface area contributed by atoms with Crippen LogP contribution in [0.1, 0.15) is 69.8 Å². The number of nitrogens with zero attached hydrogens (tertiary/aromatic N) is 1. The summed E-state index contributed by atoms with van der Waals surface area (Å²) in [6.07, 6.45) is 15.9. The number of carbonyl (C=O) groups excluding carboxylic acids is 3. The highest BCUT2D eigenvalue weighted by atomic mass is 16.6. The Balaban J connectivity index is 1.61. The van der Waals surface area contributed by atoms with E-state index >= 15 is 0 Å². The van der Waals surface area contributed by atoms with E-state index in [0.717, 1.165) is 23.1 Å². The van der Waals surface area contributed by atoms with Crippen molar-refractivity contribution in [2.75, 3.05) is 13.2 Å². The average molecular weight is 614 g/mol. The third-order valence-electron chi connectivity index (χ3n) is 7.30. The number of aromatic nitrogens is 1. The fourth-order valence-electron chi connectivity index (χ4n) is 4.77. The van der Waals surface area contributed by atoms with Gasteiger partial charge in [0.2, 0.25) is 5.91 Å². The molecular formula is C36H43N3O6. The predicted molar refractivity (Wildman–Crippen MR) is 175 cm³/mol. The smallest absolute Gasteiger partial charge is 0.420 e. The van der Waals surface area contributed by atoms with Gasteiger partial charge < -0.3 is 19.9 Å². The molecule has 2 aromatic rings. The molecule has 3 rings (SSSR count). The second-order valence-corrected chi connectivity index (χ2v) is 11.5. The molecule has 0 fully saturated rings. The van der Waals surface area contributed by atoms with Gasteiger partial charge in [0.25, 0.3) is 5.88 Å². The number of esters is 1. The molecule has 9 heteroatoms. The third-order valence-corrected chi connectivity index (χ3v) is 7.30. The third kappa shape index (κ3) is 11.4. The molecule has 1 aromatic carbocycles. The number of ether oxygens (including phenoxy) is 3. The summed E-state index contributed by atoms with van der Waals surface area (Å²) in [5.74, 6) is -1.56. The summed E-state index contributed by atoms with van der Waals surface area (Å²) in [7, 11) is 0. The standard InChI is InChI=1S/C36H43N3O6/c1-25(16-17-30-27(3)13-10-19-36(30,4)5)11-9-12-26(2)18-20-43-34(41)29-21-31(44-24-28-14-7-6-8-15-28)33(38-23-29)45-35(42)39-32(40)22-37/h6-9,11-12,14-18,21,23H,10,13,19-20,22,24,37H2,1-5H3,(H,39,40,42). The fraction of sp³-hybridized carbons (Fsp3) is 0.333. The van der Waals surface area contributed by atoms with Gasteiger partial charge in [0.15, 0.2) is 5.75 Å². The minimum Gasteiger partial charge on any atom is -0.483 e. The molecule has 1 heterocycles. The molecule has 0 unspecified atom stereocenters. The monoisotopic (exact) mass is 613 g/mol. The van der Waals surface area contributed by atoms with Crippen molar-refractivity contribution >= 4 is 18.0 Å². The Morgan fingerprint density at radius 1 is 1.09 bits per heavy atom. The largest absolute Gasteiger partial charge is 0.483 e. The maximum Gasteiger partial charge on any atom is 0.420 e. The van der Waals surface area contributed by atoms with Crippen LogP contribution in [0.2, 0.25) is 0 Å². The van der Waals surface area contributed by atoms with Crippen LogP contribution in [0, 0.1) is 5.41 Å². The first-order valence-electron chi connectivity index (χ1n) is 14.9. The van der Waals surface area contributed by atoms with E-state index in [2.05, 4.69) is 44.8 Å². The molecule has 3 N–H and O–H groups in total. The number of amides is 2. The zero-order valence-corrected chi connectivity index (χ0v) is 26.7. The Kier molecular flexibility index (Phi) is 13.1. The lowest BCUT2D eigenvalue weighted by molar-refractivity contribution is -0.118. The molecule has 0 spiro atoms. The Hall–Kier alpha value is -4.76. The molecule has 0 radical (unpaired) electrons. The van der Waals surface area contributed by atoms with Gasteiger partial charge in [-0.05, 0) is 62.7 Å². The summed E-state index contributed by atoms with van der Waals surface area (Å²) in [4.78, 5) is 40.3. The SMILES string of the molecule is CC(C=CC1=C(C)CCCC1(C)C)=CC=CC(C)=CCOC(=O)c1cnc(OC(=O)NC(=O)CN)c(OCc2ccccc2)c1. The van der Waals surface area contributed by atoms with Crippen LogP contribution in [0.4, 0.5) is 4.79 Å². The predicted octanol–water partition coefficient (Wildman–Crippen LogP) is 6.92. The van der Waals surface area contributed by atoms with Crippen LogP contribution in [-0.2, 0) is 16.1 Å². The highest BCUT2D eigenvalue weighted by Crippen LogP contribution is 2.40. The van der Waals surface area contributed by atoms with E-state index in [9.17, 15) is 14.4 Å². The van der Waals surface area contributed by atoms with Gasteiger partial charge in [0.1, 0.15) is 13.2 Å². The van der Waals surface area contributed by atoms with E-state index in [-0.39, 0.29) is 42.4 Å². The Morgan fingerprint density at radius 2 is 1.84 bits per heavy atom. The van der Waals surface area contributed by atoms with E-state index in [0.29, 0.717) is 0 Å². The Labute approximate surface area is 265 Å². The zero-order valence-electron chi connectivity index (χ0n) is 26.7. The summed E-state index contributed by atoms with van der Waals surface area (Å²) in [5.41, 5.74) is 11.3. The second kappa shape index (κ2) is 16.9. The molecule has 0 atom stereocenters. The van der Waals surface area contributed by atoms with E-state index in [1.165, 1.54) is 36.3 Å². The van der Waals surface area contributed by atoms with E-state index in [1.807, 2.05) is 60.8 Å². The molecule has 1 aliphatic carbocycles. The first-order valence-corrected chi connectivity index (χ1v) is 14.9. The lowest BCUT2D eigenvalue weighted by atomic mass is 9.72. The van der Waals surface area contributed by atoms with E-state index in [4.69, 9.17) is 19.9 Å². The van der Waals surface area contributed by atoms with Gasteiger partial charge in [-0.25, -0.2) is 14.6 Å². The quantitative estimate of drug-likeness (QED) is 0.195. The normalized spacial score (nSPS) is 15.3. The summed E-state index contributed by atoms with van der Waals surface area (Å²) < 4.78 is 16.3. The van der Waals surface area contributed by atoms with Crippen LogP contribution in [-0.4, -0.2) is 36.1 Å². The lowest BCUT2D eigenvalue weighted by Crippen LogP contribution is -2.37. The van der Waals surface area contributed by atoms with Gasteiger partial charge in [-0.2, -0.15) is 0 Å². The number of carbonyl (C=O) groups is 3. The number of imide groups is 1. The van der Waals surface area contributed by atoms with Gasteiger partial charge in [0.05, 0.1) is 12.1 Å². The molecule has 0 bridgehead atoms.